The zero-order valence-corrected chi connectivity index (χ0v) is 15.5. The monoisotopic (exact) mass is 385 g/mol. The topological polar surface area (TPSA) is 88.0 Å². The van der Waals surface area contributed by atoms with Gasteiger partial charge in [0, 0.05) is 29.2 Å². The number of aromatic nitrogens is 1. The smallest absolute Gasteiger partial charge is 0.270 e. The largest absolute Gasteiger partial charge is 0.360 e. The lowest BCUT2D eigenvalue weighted by Crippen LogP contribution is -2.29. The fraction of sp³-hybridized carbons (Fsp3) is 0.0870. The predicted octanol–water partition coefficient (Wildman–Crippen LogP) is 4.79. The number of fused-ring (bicyclic) bond motifs is 1. The van der Waals surface area contributed by atoms with E-state index in [4.69, 9.17) is 0 Å². The van der Waals surface area contributed by atoms with Gasteiger partial charge in [0.2, 0.25) is 0 Å². The lowest BCUT2D eigenvalue weighted by atomic mass is 9.98. The summed E-state index contributed by atoms with van der Waals surface area (Å²) in [5.41, 5.74) is 3.12. The second-order valence-electron chi connectivity index (χ2n) is 6.82. The Balaban J connectivity index is 1.65. The first-order valence-electron chi connectivity index (χ1n) is 9.27. The third-order valence-electron chi connectivity index (χ3n) is 4.91. The molecule has 0 aliphatic rings. The van der Waals surface area contributed by atoms with Crippen molar-refractivity contribution in [2.24, 2.45) is 0 Å². The van der Waals surface area contributed by atoms with Crippen molar-refractivity contribution in [3.05, 3.63) is 112 Å². The second-order valence-corrected chi connectivity index (χ2v) is 6.82. The molecule has 1 atom stereocenters. The van der Waals surface area contributed by atoms with Crippen molar-refractivity contribution >= 4 is 22.5 Å². The first-order chi connectivity index (χ1) is 14.1. The molecule has 0 spiro atoms. The van der Waals surface area contributed by atoms with E-state index in [9.17, 15) is 14.9 Å². The van der Waals surface area contributed by atoms with Gasteiger partial charge in [-0.05, 0) is 23.6 Å². The summed E-state index contributed by atoms with van der Waals surface area (Å²) >= 11 is 0. The van der Waals surface area contributed by atoms with Gasteiger partial charge in [-0.3, -0.25) is 14.9 Å². The minimum absolute atomic E-state index is 0.0463. The van der Waals surface area contributed by atoms with Gasteiger partial charge in [-0.25, -0.2) is 0 Å². The van der Waals surface area contributed by atoms with Gasteiger partial charge in [-0.15, -0.1) is 0 Å². The lowest BCUT2D eigenvalue weighted by Gasteiger charge is -2.19. The van der Waals surface area contributed by atoms with Crippen molar-refractivity contribution in [3.8, 4) is 0 Å². The first-order valence-corrected chi connectivity index (χ1v) is 9.27. The number of rotatable bonds is 6. The first kappa shape index (κ1) is 18.4. The number of H-pyrrole nitrogens is 1. The van der Waals surface area contributed by atoms with Crippen molar-refractivity contribution in [3.63, 3.8) is 0 Å². The highest BCUT2D eigenvalue weighted by molar-refractivity contribution is 6.07. The number of carbonyl (C=O) groups is 1. The molecule has 4 rings (SSSR count). The predicted molar refractivity (Wildman–Crippen MR) is 112 cm³/mol. The number of aromatic amines is 1. The van der Waals surface area contributed by atoms with Gasteiger partial charge in [0.05, 0.1) is 16.5 Å². The fourth-order valence-electron chi connectivity index (χ4n) is 3.43. The Kier molecular flexibility index (Phi) is 5.07. The number of amides is 1. The van der Waals surface area contributed by atoms with Gasteiger partial charge >= 0.3 is 0 Å². The summed E-state index contributed by atoms with van der Waals surface area (Å²) < 4.78 is 0. The van der Waals surface area contributed by atoms with Crippen molar-refractivity contribution < 1.29 is 9.72 Å². The molecule has 6 nitrogen and oxygen atoms in total. The van der Waals surface area contributed by atoms with Gasteiger partial charge in [-0.2, -0.15) is 0 Å². The SMILES string of the molecule is O=C(NC(Cc1ccccc1)c1ccccc1)c1c[nH]c2ccc([N+](=O)[O-])cc12. The van der Waals surface area contributed by atoms with E-state index in [1.807, 2.05) is 60.7 Å². The quantitative estimate of drug-likeness (QED) is 0.369. The van der Waals surface area contributed by atoms with Crippen LogP contribution in [-0.2, 0) is 6.42 Å². The number of hydrogen-bond acceptors (Lipinski definition) is 3. The molecule has 3 aromatic carbocycles. The van der Waals surface area contributed by atoms with Gasteiger partial charge in [0.1, 0.15) is 0 Å². The lowest BCUT2D eigenvalue weighted by molar-refractivity contribution is -0.384. The highest BCUT2D eigenvalue weighted by Crippen LogP contribution is 2.25. The Hall–Kier alpha value is -3.93. The number of carbonyl (C=O) groups excluding carboxylic acids is 1. The summed E-state index contributed by atoms with van der Waals surface area (Å²) in [7, 11) is 0. The highest BCUT2D eigenvalue weighted by atomic mass is 16.6. The van der Waals surface area contributed by atoms with E-state index >= 15 is 0 Å². The number of nitro benzene ring substituents is 1. The van der Waals surface area contributed by atoms with Crippen molar-refractivity contribution in [2.75, 3.05) is 0 Å². The molecule has 1 heterocycles. The number of non-ortho nitro benzene ring substituents is 1. The van der Waals surface area contributed by atoms with Crippen LogP contribution in [0.25, 0.3) is 10.9 Å². The van der Waals surface area contributed by atoms with Gasteiger partial charge < -0.3 is 10.3 Å². The maximum absolute atomic E-state index is 13.1. The van der Waals surface area contributed by atoms with Crippen LogP contribution in [0.5, 0.6) is 0 Å². The Morgan fingerprint density at radius 1 is 1.00 bits per heavy atom. The van der Waals surface area contributed by atoms with Crippen LogP contribution in [0.3, 0.4) is 0 Å². The van der Waals surface area contributed by atoms with Gasteiger partial charge in [0.25, 0.3) is 11.6 Å². The van der Waals surface area contributed by atoms with Crippen molar-refractivity contribution in [1.29, 1.82) is 0 Å². The molecule has 4 aromatic rings. The van der Waals surface area contributed by atoms with Crippen molar-refractivity contribution in [1.82, 2.24) is 10.3 Å². The summed E-state index contributed by atoms with van der Waals surface area (Å²) in [4.78, 5) is 26.7. The number of nitro groups is 1. The molecule has 1 unspecified atom stereocenters. The second kappa shape index (κ2) is 7.98. The highest BCUT2D eigenvalue weighted by Gasteiger charge is 2.20. The van der Waals surface area contributed by atoms with Crippen LogP contribution in [0.15, 0.2) is 85.1 Å². The van der Waals surface area contributed by atoms with E-state index in [0.717, 1.165) is 11.1 Å². The maximum Gasteiger partial charge on any atom is 0.270 e. The molecule has 0 radical (unpaired) electrons. The molecule has 0 aliphatic carbocycles. The fourth-order valence-corrected chi connectivity index (χ4v) is 3.43. The van der Waals surface area contributed by atoms with E-state index in [2.05, 4.69) is 10.3 Å². The number of nitrogens with one attached hydrogen (secondary N) is 2. The van der Waals surface area contributed by atoms with Crippen LogP contribution in [0.1, 0.15) is 27.5 Å². The van der Waals surface area contributed by atoms with Crippen LogP contribution < -0.4 is 5.32 Å². The van der Waals surface area contributed by atoms with Gasteiger partial charge in [-0.1, -0.05) is 60.7 Å². The standard InChI is InChI=1S/C23H19N3O3/c27-23(20-15-24-21-12-11-18(26(28)29)14-19(20)21)25-22(17-9-5-2-6-10-17)13-16-7-3-1-4-8-16/h1-12,14-15,22,24H,13H2,(H,25,27). The molecule has 144 valence electrons. The summed E-state index contributed by atoms with van der Waals surface area (Å²) in [5, 5.41) is 14.7. The van der Waals surface area contributed by atoms with Crippen LogP contribution >= 0.6 is 0 Å². The molecule has 0 bridgehead atoms. The van der Waals surface area contributed by atoms with E-state index in [0.29, 0.717) is 22.9 Å². The summed E-state index contributed by atoms with van der Waals surface area (Å²) in [6, 6.07) is 24.0. The minimum Gasteiger partial charge on any atom is -0.360 e. The van der Waals surface area contributed by atoms with Crippen LogP contribution in [0, 0.1) is 10.1 Å². The van der Waals surface area contributed by atoms with Crippen molar-refractivity contribution in [2.45, 2.75) is 12.5 Å². The molecular formula is C23H19N3O3. The van der Waals surface area contributed by atoms with Gasteiger partial charge in [0.15, 0.2) is 0 Å². The zero-order valence-electron chi connectivity index (χ0n) is 15.5. The van der Waals surface area contributed by atoms with E-state index < -0.39 is 4.92 Å². The molecule has 0 saturated heterocycles. The number of hydrogen-bond donors (Lipinski definition) is 2. The molecule has 0 aliphatic heterocycles. The normalized spacial score (nSPS) is 11.9. The molecule has 29 heavy (non-hydrogen) atoms. The van der Waals surface area contributed by atoms with E-state index in [-0.39, 0.29) is 17.6 Å². The Morgan fingerprint density at radius 3 is 2.38 bits per heavy atom. The summed E-state index contributed by atoms with van der Waals surface area (Å²) in [6.07, 6.45) is 2.23. The average molecular weight is 385 g/mol. The molecule has 1 aromatic heterocycles. The molecular weight excluding hydrogens is 366 g/mol. The van der Waals surface area contributed by atoms with E-state index in [1.165, 1.54) is 12.1 Å². The third-order valence-corrected chi connectivity index (χ3v) is 4.91. The Bertz CT molecular complexity index is 1150. The molecule has 6 heteroatoms. The number of benzene rings is 3. The van der Waals surface area contributed by atoms with Crippen LogP contribution in [0.2, 0.25) is 0 Å². The Labute approximate surface area is 167 Å². The summed E-state index contributed by atoms with van der Waals surface area (Å²) in [5.74, 6) is -0.276. The van der Waals surface area contributed by atoms with Crippen LogP contribution in [-0.4, -0.2) is 15.8 Å². The maximum atomic E-state index is 13.1. The molecule has 0 fully saturated rings. The number of nitrogens with zero attached hydrogens (tertiary/aromatic N) is 1. The van der Waals surface area contributed by atoms with E-state index in [1.54, 1.807) is 12.3 Å². The third kappa shape index (κ3) is 4.01. The zero-order chi connectivity index (χ0) is 20.2. The minimum atomic E-state index is -0.462. The molecule has 2 N–H and O–H groups in total. The molecule has 0 saturated carbocycles. The summed E-state index contributed by atoms with van der Waals surface area (Å²) in [6.45, 7) is 0. The van der Waals surface area contributed by atoms with Crippen LogP contribution in [0.4, 0.5) is 5.69 Å². The Morgan fingerprint density at radius 2 is 1.69 bits per heavy atom. The average Bonchev–Trinajstić information content (AvgIpc) is 3.18. The molecule has 1 amide bonds.